The molecule has 10 heteroatoms. The van der Waals surface area contributed by atoms with Crippen LogP contribution in [0.4, 0.5) is 9.80 Å². The number of hydrogen-bond donors (Lipinski definition) is 2. The van der Waals surface area contributed by atoms with Gasteiger partial charge < -0.3 is 24.6 Å². The van der Waals surface area contributed by atoms with Gasteiger partial charge in [-0.25, -0.2) is 4.79 Å². The molecule has 0 bridgehead atoms. The molecule has 0 radical (unpaired) electrons. The minimum Gasteiger partial charge on any atom is -0.497 e. The number of rotatable bonds is 8. The molecule has 182 valence electrons. The molecule has 2 amide bonds. The van der Waals surface area contributed by atoms with E-state index in [1.807, 2.05) is 24.3 Å². The highest BCUT2D eigenvalue weighted by molar-refractivity contribution is 7.16. The Hall–Kier alpha value is -3.84. The van der Waals surface area contributed by atoms with Gasteiger partial charge in [-0.2, -0.15) is 5.26 Å². The van der Waals surface area contributed by atoms with E-state index in [0.717, 1.165) is 27.4 Å². The zero-order valence-electron chi connectivity index (χ0n) is 19.6. The van der Waals surface area contributed by atoms with Crippen molar-refractivity contribution in [3.63, 3.8) is 0 Å². The van der Waals surface area contributed by atoms with Gasteiger partial charge in [0.05, 0.1) is 24.9 Å². The van der Waals surface area contributed by atoms with Gasteiger partial charge in [0.1, 0.15) is 22.9 Å². The van der Waals surface area contributed by atoms with Crippen molar-refractivity contribution in [2.24, 2.45) is 0 Å². The summed E-state index contributed by atoms with van der Waals surface area (Å²) in [5, 5.41) is 19.6. The summed E-state index contributed by atoms with van der Waals surface area (Å²) in [4.78, 5) is 25.7. The number of benzene rings is 1. The summed E-state index contributed by atoms with van der Waals surface area (Å²) in [5.41, 5.74) is 3.17. The summed E-state index contributed by atoms with van der Waals surface area (Å²) < 4.78 is 15.9. The number of aromatic nitrogens is 1. The van der Waals surface area contributed by atoms with Crippen LogP contribution in [0.1, 0.15) is 45.9 Å². The molecule has 1 aliphatic rings. The molecule has 2 N–H and O–H groups in total. The Labute approximate surface area is 207 Å². The number of hydrogen-bond acceptors (Lipinski definition) is 8. The second-order valence-corrected chi connectivity index (χ2v) is 9.38. The van der Waals surface area contributed by atoms with E-state index in [0.29, 0.717) is 42.0 Å². The summed E-state index contributed by atoms with van der Waals surface area (Å²) in [6.45, 7) is 2.00. The lowest BCUT2D eigenvalue weighted by atomic mass is 9.94. The lowest BCUT2D eigenvalue weighted by molar-refractivity contribution is -0.116. The Morgan fingerprint density at radius 2 is 2.20 bits per heavy atom. The highest BCUT2D eigenvalue weighted by Crippen LogP contribution is 2.38. The molecule has 35 heavy (non-hydrogen) atoms. The first-order valence-electron chi connectivity index (χ1n) is 11.3. The third-order valence-corrected chi connectivity index (χ3v) is 6.89. The van der Waals surface area contributed by atoms with Crippen molar-refractivity contribution in [3.05, 3.63) is 63.4 Å². The highest BCUT2D eigenvalue weighted by Gasteiger charge is 2.28. The molecular weight excluding hydrogens is 468 g/mol. The van der Waals surface area contributed by atoms with E-state index < -0.39 is 6.09 Å². The number of ether oxygens (including phenoxy) is 2. The summed E-state index contributed by atoms with van der Waals surface area (Å²) in [6, 6.07) is 11.6. The Bertz CT molecular complexity index is 1260. The maximum absolute atomic E-state index is 12.6. The number of carbonyl (C=O) groups is 2. The predicted molar refractivity (Wildman–Crippen MR) is 129 cm³/mol. The lowest BCUT2D eigenvalue weighted by Crippen LogP contribution is -2.31. The molecule has 2 aromatic heterocycles. The molecule has 1 aliphatic carbocycles. The SMILES string of the molecule is COc1cccc(CCC(=O)Nc2sc3c(c2C#N)CCC(OC(=O)NCc2cc(C)no2)C3)c1. The van der Waals surface area contributed by atoms with Crippen molar-refractivity contribution in [2.45, 2.75) is 51.7 Å². The first-order valence-corrected chi connectivity index (χ1v) is 12.1. The second kappa shape index (κ2) is 11.1. The number of fused-ring (bicyclic) bond motifs is 1. The lowest BCUT2D eigenvalue weighted by Gasteiger charge is -2.22. The fraction of sp³-hybridized carbons (Fsp3) is 0.360. The van der Waals surface area contributed by atoms with E-state index in [-0.39, 0.29) is 25.0 Å². The molecule has 1 aromatic carbocycles. The molecule has 0 spiro atoms. The second-order valence-electron chi connectivity index (χ2n) is 8.28. The number of carbonyl (C=O) groups excluding carboxylic acids is 2. The highest BCUT2D eigenvalue weighted by atomic mass is 32.1. The van der Waals surface area contributed by atoms with Gasteiger partial charge in [-0.15, -0.1) is 11.3 Å². The average molecular weight is 495 g/mol. The molecule has 2 heterocycles. The van der Waals surface area contributed by atoms with Gasteiger partial charge >= 0.3 is 6.09 Å². The molecule has 0 saturated carbocycles. The first-order chi connectivity index (χ1) is 16.9. The van der Waals surface area contributed by atoms with Crippen molar-refractivity contribution in [2.75, 3.05) is 12.4 Å². The third-order valence-electron chi connectivity index (χ3n) is 5.72. The van der Waals surface area contributed by atoms with E-state index in [1.54, 1.807) is 20.1 Å². The largest absolute Gasteiger partial charge is 0.497 e. The van der Waals surface area contributed by atoms with Crippen molar-refractivity contribution in [1.29, 1.82) is 5.26 Å². The molecule has 1 unspecified atom stereocenters. The van der Waals surface area contributed by atoms with Crippen LogP contribution in [0.25, 0.3) is 0 Å². The van der Waals surface area contributed by atoms with Crippen LogP contribution >= 0.6 is 11.3 Å². The monoisotopic (exact) mass is 494 g/mol. The van der Waals surface area contributed by atoms with E-state index >= 15 is 0 Å². The van der Waals surface area contributed by atoms with Crippen LogP contribution < -0.4 is 15.4 Å². The number of nitrogens with zero attached hydrogens (tertiary/aromatic N) is 2. The van der Waals surface area contributed by atoms with Gasteiger partial charge in [0, 0.05) is 23.8 Å². The normalized spacial score (nSPS) is 14.5. The summed E-state index contributed by atoms with van der Waals surface area (Å²) in [7, 11) is 1.61. The zero-order valence-corrected chi connectivity index (χ0v) is 20.4. The molecule has 4 rings (SSSR count). The number of amides is 2. The minimum absolute atomic E-state index is 0.155. The van der Waals surface area contributed by atoms with Gasteiger partial charge in [0.25, 0.3) is 0 Å². The van der Waals surface area contributed by atoms with Crippen molar-refractivity contribution < 1.29 is 23.6 Å². The molecule has 9 nitrogen and oxygen atoms in total. The number of methoxy groups -OCH3 is 1. The average Bonchev–Trinajstić information content (AvgIpc) is 3.43. The summed E-state index contributed by atoms with van der Waals surface area (Å²) in [6.07, 6.45) is 1.73. The number of anilines is 1. The predicted octanol–water partition coefficient (Wildman–Crippen LogP) is 4.28. The number of thiophene rings is 1. The van der Waals surface area contributed by atoms with Crippen LogP contribution in [0.15, 0.2) is 34.9 Å². The Balaban J connectivity index is 1.32. The van der Waals surface area contributed by atoms with E-state index in [4.69, 9.17) is 14.0 Å². The topological polar surface area (TPSA) is 126 Å². The van der Waals surface area contributed by atoms with Gasteiger partial charge in [0.15, 0.2) is 5.76 Å². The van der Waals surface area contributed by atoms with E-state index in [1.165, 1.54) is 11.3 Å². The third kappa shape index (κ3) is 6.19. The molecule has 3 aromatic rings. The van der Waals surface area contributed by atoms with Crippen molar-refractivity contribution in [3.8, 4) is 11.8 Å². The zero-order chi connectivity index (χ0) is 24.8. The Morgan fingerprint density at radius 3 is 2.94 bits per heavy atom. The van der Waals surface area contributed by atoms with Gasteiger partial charge in [-0.3, -0.25) is 4.79 Å². The molecule has 0 fully saturated rings. The van der Waals surface area contributed by atoms with Crippen molar-refractivity contribution >= 4 is 28.3 Å². The Morgan fingerprint density at radius 1 is 1.34 bits per heavy atom. The first kappa shape index (κ1) is 24.3. The number of alkyl carbamates (subject to hydrolysis) is 1. The van der Waals surface area contributed by atoms with Crippen LogP contribution in [-0.4, -0.2) is 30.4 Å². The van der Waals surface area contributed by atoms with Crippen LogP contribution in [0, 0.1) is 18.3 Å². The van der Waals surface area contributed by atoms with Gasteiger partial charge in [-0.05, 0) is 49.4 Å². The molecular formula is C25H26N4O5S. The number of aryl methyl sites for hydroxylation is 2. The fourth-order valence-corrected chi connectivity index (χ4v) is 5.27. The van der Waals surface area contributed by atoms with Crippen LogP contribution in [0.5, 0.6) is 5.75 Å². The van der Waals surface area contributed by atoms with Gasteiger partial charge in [0.2, 0.25) is 5.91 Å². The van der Waals surface area contributed by atoms with E-state index in [9.17, 15) is 14.9 Å². The van der Waals surface area contributed by atoms with E-state index in [2.05, 4.69) is 21.9 Å². The number of nitriles is 1. The molecule has 0 aliphatic heterocycles. The summed E-state index contributed by atoms with van der Waals surface area (Å²) >= 11 is 1.38. The van der Waals surface area contributed by atoms with Crippen molar-refractivity contribution in [1.82, 2.24) is 10.5 Å². The van der Waals surface area contributed by atoms with Gasteiger partial charge in [-0.1, -0.05) is 17.3 Å². The van der Waals surface area contributed by atoms with Crippen LogP contribution in [-0.2, 0) is 35.3 Å². The standard InChI is InChI=1S/C25H26N4O5S/c1-15-10-19(34-29-15)14-27-25(31)33-18-7-8-20-21(13-26)24(35-22(20)12-18)28-23(30)9-6-16-4-3-5-17(11-16)32-2/h3-5,10-11,18H,6-9,12,14H2,1-2H3,(H,27,31)(H,28,30). The minimum atomic E-state index is -0.532. The molecule has 0 saturated heterocycles. The van der Waals surface area contributed by atoms with Crippen LogP contribution in [0.2, 0.25) is 0 Å². The maximum Gasteiger partial charge on any atom is 0.407 e. The van der Waals surface area contributed by atoms with Crippen LogP contribution in [0.3, 0.4) is 0 Å². The summed E-state index contributed by atoms with van der Waals surface area (Å²) in [5.74, 6) is 1.14. The molecule has 1 atom stereocenters. The fourth-order valence-electron chi connectivity index (χ4n) is 3.99. The smallest absolute Gasteiger partial charge is 0.407 e. The quantitative estimate of drug-likeness (QED) is 0.478. The Kier molecular flexibility index (Phi) is 7.67. The number of nitrogens with one attached hydrogen (secondary N) is 2. The maximum atomic E-state index is 12.6.